The monoisotopic (exact) mass is 276 g/mol. The number of carbonyl (C=O) groups is 1. The highest BCUT2D eigenvalue weighted by Crippen LogP contribution is 2.35. The van der Waals surface area contributed by atoms with Gasteiger partial charge in [0.2, 0.25) is 0 Å². The summed E-state index contributed by atoms with van der Waals surface area (Å²) in [7, 11) is 4.38. The number of methoxy groups -OCH3 is 3. The van der Waals surface area contributed by atoms with Crippen molar-refractivity contribution in [2.75, 3.05) is 27.1 Å². The quantitative estimate of drug-likeness (QED) is 0.862. The number of carbonyl (C=O) groups excluding carboxylic acids is 1. The molecule has 0 saturated heterocycles. The lowest BCUT2D eigenvalue weighted by atomic mass is 10.1. The van der Waals surface area contributed by atoms with Crippen LogP contribution in [0.15, 0.2) is 12.1 Å². The molecule has 106 valence electrons. The van der Waals surface area contributed by atoms with E-state index in [1.165, 1.54) is 14.2 Å². The van der Waals surface area contributed by atoms with Gasteiger partial charge in [0.15, 0.2) is 11.5 Å². The van der Waals surface area contributed by atoms with E-state index >= 15 is 0 Å². The zero-order valence-electron chi connectivity index (χ0n) is 11.8. The van der Waals surface area contributed by atoms with Crippen LogP contribution in [-0.2, 0) is 4.74 Å². The molecule has 0 atom stereocenters. The number of ether oxygens (including phenoxy) is 3. The standard InChI is InChI=1S/C14H16N2O4/c1-7-12(14(17)20-4)13(15)8-5-10(18-2)11(19-3)6-9(8)16-7/h5-6H,1-4H3,(H2,15,16). The maximum Gasteiger partial charge on any atom is 0.341 e. The highest BCUT2D eigenvalue weighted by atomic mass is 16.5. The minimum absolute atomic E-state index is 0.271. The summed E-state index contributed by atoms with van der Waals surface area (Å²) in [6.45, 7) is 1.71. The summed E-state index contributed by atoms with van der Waals surface area (Å²) in [5.74, 6) is 0.564. The number of nitrogen functional groups attached to an aromatic ring is 1. The molecule has 1 heterocycles. The number of aryl methyl sites for hydroxylation is 1. The number of hydrogen-bond donors (Lipinski definition) is 1. The van der Waals surface area contributed by atoms with E-state index in [2.05, 4.69) is 4.98 Å². The molecule has 20 heavy (non-hydrogen) atoms. The van der Waals surface area contributed by atoms with Crippen molar-refractivity contribution in [1.29, 1.82) is 0 Å². The van der Waals surface area contributed by atoms with Crippen LogP contribution in [0.25, 0.3) is 10.9 Å². The molecule has 0 spiro atoms. The third kappa shape index (κ3) is 2.09. The van der Waals surface area contributed by atoms with E-state index in [-0.39, 0.29) is 5.56 Å². The number of benzene rings is 1. The maximum absolute atomic E-state index is 11.8. The number of anilines is 1. The van der Waals surface area contributed by atoms with Gasteiger partial charge in [0, 0.05) is 11.5 Å². The minimum Gasteiger partial charge on any atom is -0.493 e. The van der Waals surface area contributed by atoms with Crippen molar-refractivity contribution in [3.63, 3.8) is 0 Å². The average molecular weight is 276 g/mol. The van der Waals surface area contributed by atoms with Crippen LogP contribution in [0.1, 0.15) is 16.1 Å². The number of pyridine rings is 1. The molecule has 0 bridgehead atoms. The molecule has 0 fully saturated rings. The van der Waals surface area contributed by atoms with Gasteiger partial charge in [-0.1, -0.05) is 0 Å². The van der Waals surface area contributed by atoms with Crippen molar-refractivity contribution < 1.29 is 19.0 Å². The first-order valence-electron chi connectivity index (χ1n) is 5.93. The Hall–Kier alpha value is -2.50. The van der Waals surface area contributed by atoms with Crippen LogP contribution in [0.5, 0.6) is 11.5 Å². The van der Waals surface area contributed by atoms with Crippen LogP contribution in [0.3, 0.4) is 0 Å². The molecule has 0 radical (unpaired) electrons. The van der Waals surface area contributed by atoms with Gasteiger partial charge in [0.05, 0.1) is 38.2 Å². The van der Waals surface area contributed by atoms with E-state index in [0.717, 1.165) is 0 Å². The van der Waals surface area contributed by atoms with Crippen LogP contribution in [0.2, 0.25) is 0 Å². The molecule has 0 aliphatic rings. The number of rotatable bonds is 3. The zero-order chi connectivity index (χ0) is 14.9. The molecular weight excluding hydrogens is 260 g/mol. The van der Waals surface area contributed by atoms with Crippen LogP contribution in [0, 0.1) is 6.92 Å². The van der Waals surface area contributed by atoms with Gasteiger partial charge in [-0.25, -0.2) is 4.79 Å². The van der Waals surface area contributed by atoms with Crippen molar-refractivity contribution in [3.05, 3.63) is 23.4 Å². The largest absolute Gasteiger partial charge is 0.493 e. The van der Waals surface area contributed by atoms with Crippen LogP contribution < -0.4 is 15.2 Å². The summed E-state index contributed by atoms with van der Waals surface area (Å²) in [5, 5.41) is 0.619. The predicted octanol–water partition coefficient (Wildman–Crippen LogP) is 1.93. The van der Waals surface area contributed by atoms with E-state index < -0.39 is 5.97 Å². The van der Waals surface area contributed by atoms with Gasteiger partial charge in [-0.2, -0.15) is 0 Å². The Bertz CT molecular complexity index is 683. The lowest BCUT2D eigenvalue weighted by Gasteiger charge is -2.13. The smallest absolute Gasteiger partial charge is 0.341 e. The fourth-order valence-electron chi connectivity index (χ4n) is 2.10. The van der Waals surface area contributed by atoms with E-state index in [1.54, 1.807) is 26.2 Å². The zero-order valence-corrected chi connectivity index (χ0v) is 11.8. The van der Waals surface area contributed by atoms with Crippen molar-refractivity contribution >= 4 is 22.6 Å². The van der Waals surface area contributed by atoms with Gasteiger partial charge in [-0.05, 0) is 13.0 Å². The fraction of sp³-hybridized carbons (Fsp3) is 0.286. The Morgan fingerprint density at radius 1 is 1.15 bits per heavy atom. The molecule has 0 aliphatic carbocycles. The first-order chi connectivity index (χ1) is 9.53. The van der Waals surface area contributed by atoms with Crippen LogP contribution in [0.4, 0.5) is 5.69 Å². The summed E-state index contributed by atoms with van der Waals surface area (Å²) in [4.78, 5) is 16.2. The Kier molecular flexibility index (Phi) is 3.65. The van der Waals surface area contributed by atoms with Gasteiger partial charge >= 0.3 is 5.97 Å². The summed E-state index contributed by atoms with van der Waals surface area (Å²) >= 11 is 0. The van der Waals surface area contributed by atoms with Gasteiger partial charge in [0.25, 0.3) is 0 Å². The molecule has 0 amide bonds. The number of esters is 1. The molecule has 2 N–H and O–H groups in total. The lowest BCUT2D eigenvalue weighted by molar-refractivity contribution is 0.0601. The van der Waals surface area contributed by atoms with E-state index in [0.29, 0.717) is 33.8 Å². The van der Waals surface area contributed by atoms with Gasteiger partial charge in [-0.3, -0.25) is 4.98 Å². The lowest BCUT2D eigenvalue weighted by Crippen LogP contribution is -2.10. The van der Waals surface area contributed by atoms with E-state index in [9.17, 15) is 4.79 Å². The molecular formula is C14H16N2O4. The SMILES string of the molecule is COC(=O)c1c(C)nc2cc(OC)c(OC)cc2c1N. The first kappa shape index (κ1) is 13.9. The number of nitrogens with zero attached hydrogens (tertiary/aromatic N) is 1. The fourth-order valence-corrected chi connectivity index (χ4v) is 2.10. The highest BCUT2D eigenvalue weighted by Gasteiger charge is 2.19. The summed E-state index contributed by atoms with van der Waals surface area (Å²) < 4.78 is 15.2. The van der Waals surface area contributed by atoms with Gasteiger partial charge in [-0.15, -0.1) is 0 Å². The minimum atomic E-state index is -0.510. The molecule has 6 nitrogen and oxygen atoms in total. The van der Waals surface area contributed by atoms with Crippen molar-refractivity contribution in [2.45, 2.75) is 6.92 Å². The normalized spacial score (nSPS) is 10.4. The molecule has 0 saturated carbocycles. The third-order valence-corrected chi connectivity index (χ3v) is 3.10. The van der Waals surface area contributed by atoms with Crippen LogP contribution in [-0.4, -0.2) is 32.3 Å². The molecule has 2 rings (SSSR count). The first-order valence-corrected chi connectivity index (χ1v) is 5.93. The van der Waals surface area contributed by atoms with Crippen molar-refractivity contribution in [1.82, 2.24) is 4.98 Å². The molecule has 6 heteroatoms. The van der Waals surface area contributed by atoms with E-state index in [1.807, 2.05) is 0 Å². The molecule has 1 aromatic carbocycles. The van der Waals surface area contributed by atoms with Crippen molar-refractivity contribution in [3.8, 4) is 11.5 Å². The summed E-state index contributed by atoms with van der Waals surface area (Å²) in [5.41, 5.74) is 7.80. The molecule has 0 aliphatic heterocycles. The van der Waals surface area contributed by atoms with Crippen LogP contribution >= 0.6 is 0 Å². The number of hydrogen-bond acceptors (Lipinski definition) is 6. The third-order valence-electron chi connectivity index (χ3n) is 3.10. The second-order valence-corrected chi connectivity index (χ2v) is 4.20. The number of nitrogens with two attached hydrogens (primary N) is 1. The van der Waals surface area contributed by atoms with Crippen molar-refractivity contribution in [2.24, 2.45) is 0 Å². The molecule has 1 aromatic heterocycles. The number of fused-ring (bicyclic) bond motifs is 1. The molecule has 0 unspecified atom stereocenters. The summed E-state index contributed by atoms with van der Waals surface area (Å²) in [6.07, 6.45) is 0. The predicted molar refractivity (Wildman–Crippen MR) is 75.3 cm³/mol. The van der Waals surface area contributed by atoms with Gasteiger partial charge in [0.1, 0.15) is 5.56 Å². The highest BCUT2D eigenvalue weighted by molar-refractivity contribution is 6.05. The molecule has 2 aromatic rings. The second kappa shape index (κ2) is 5.24. The Balaban J connectivity index is 2.81. The Morgan fingerprint density at radius 3 is 2.30 bits per heavy atom. The second-order valence-electron chi connectivity index (χ2n) is 4.20. The Labute approximate surface area is 116 Å². The van der Waals surface area contributed by atoms with Gasteiger partial charge < -0.3 is 19.9 Å². The maximum atomic E-state index is 11.8. The number of aromatic nitrogens is 1. The Morgan fingerprint density at radius 2 is 1.75 bits per heavy atom. The summed E-state index contributed by atoms with van der Waals surface area (Å²) in [6, 6.07) is 3.42. The topological polar surface area (TPSA) is 83.7 Å². The van der Waals surface area contributed by atoms with E-state index in [4.69, 9.17) is 19.9 Å². The average Bonchev–Trinajstić information content (AvgIpc) is 2.45.